The molecule has 1 saturated heterocycles. The maximum absolute atomic E-state index is 12.8. The Morgan fingerprint density at radius 1 is 1.23 bits per heavy atom. The number of amides is 1. The van der Waals surface area contributed by atoms with Gasteiger partial charge in [-0.15, -0.1) is 11.3 Å². The molecule has 1 aliphatic rings. The number of carbonyl (C=O) groups is 2. The lowest BCUT2D eigenvalue weighted by Gasteiger charge is -2.29. The standard InChI is InChI=1S/C18H27N3O3S2/c1-5-20(6-2)16(22)14-12(3)13(17(23)24-4)15(26-14)19-18(25)21-10-8-7-9-11-21/h5-11H2,1-4H3,(H,19,25). The van der Waals surface area contributed by atoms with E-state index in [4.69, 9.17) is 17.0 Å². The number of thiophene rings is 1. The zero-order valence-electron chi connectivity index (χ0n) is 15.9. The van der Waals surface area contributed by atoms with Crippen molar-refractivity contribution in [3.05, 3.63) is 16.0 Å². The third kappa shape index (κ3) is 4.35. The molecule has 1 fully saturated rings. The summed E-state index contributed by atoms with van der Waals surface area (Å²) in [5.41, 5.74) is 1.04. The molecule has 6 nitrogen and oxygen atoms in total. The average molecular weight is 398 g/mol. The van der Waals surface area contributed by atoms with Crippen molar-refractivity contribution in [2.24, 2.45) is 0 Å². The second-order valence-corrected chi connectivity index (χ2v) is 7.61. The van der Waals surface area contributed by atoms with E-state index < -0.39 is 5.97 Å². The maximum atomic E-state index is 12.8. The maximum Gasteiger partial charge on any atom is 0.341 e. The predicted octanol–water partition coefficient (Wildman–Crippen LogP) is 3.51. The number of piperidine rings is 1. The van der Waals surface area contributed by atoms with Gasteiger partial charge in [-0.05, 0) is 57.8 Å². The fourth-order valence-corrected chi connectivity index (χ4v) is 4.59. The molecule has 0 saturated carbocycles. The first-order valence-electron chi connectivity index (χ1n) is 9.01. The highest BCUT2D eigenvalue weighted by atomic mass is 32.1. The highest BCUT2D eigenvalue weighted by Crippen LogP contribution is 2.35. The number of thiocarbonyl (C=S) groups is 1. The third-order valence-electron chi connectivity index (χ3n) is 4.64. The Morgan fingerprint density at radius 2 is 1.85 bits per heavy atom. The summed E-state index contributed by atoms with van der Waals surface area (Å²) in [5.74, 6) is -0.527. The zero-order chi connectivity index (χ0) is 19.3. The molecule has 0 atom stereocenters. The summed E-state index contributed by atoms with van der Waals surface area (Å²) >= 11 is 6.80. The number of esters is 1. The molecule has 1 amide bonds. The molecule has 8 heteroatoms. The van der Waals surface area contributed by atoms with E-state index in [1.165, 1.54) is 24.9 Å². The van der Waals surface area contributed by atoms with Gasteiger partial charge in [0.25, 0.3) is 5.91 Å². The van der Waals surface area contributed by atoms with Gasteiger partial charge in [-0.1, -0.05) is 0 Å². The smallest absolute Gasteiger partial charge is 0.341 e. The number of rotatable bonds is 5. The molecule has 0 bridgehead atoms. The molecule has 0 aromatic carbocycles. The molecule has 1 aliphatic heterocycles. The summed E-state index contributed by atoms with van der Waals surface area (Å²) in [4.78, 5) is 29.5. The van der Waals surface area contributed by atoms with Gasteiger partial charge in [-0.25, -0.2) is 4.79 Å². The first-order valence-corrected chi connectivity index (χ1v) is 10.2. The number of ether oxygens (including phenoxy) is 1. The number of likely N-dealkylation sites (tertiary alicyclic amines) is 1. The van der Waals surface area contributed by atoms with Crippen molar-refractivity contribution in [2.75, 3.05) is 38.6 Å². The van der Waals surface area contributed by atoms with Gasteiger partial charge in [-0.3, -0.25) is 4.79 Å². The number of nitrogens with zero attached hydrogens (tertiary/aromatic N) is 2. The minimum absolute atomic E-state index is 0.0698. The molecule has 1 N–H and O–H groups in total. The predicted molar refractivity (Wildman–Crippen MR) is 109 cm³/mol. The molecular weight excluding hydrogens is 370 g/mol. The monoisotopic (exact) mass is 397 g/mol. The van der Waals surface area contributed by atoms with E-state index in [0.717, 1.165) is 25.9 Å². The van der Waals surface area contributed by atoms with E-state index in [1.54, 1.807) is 11.8 Å². The number of hydrogen-bond donors (Lipinski definition) is 1. The second kappa shape index (κ2) is 9.32. The molecule has 0 radical (unpaired) electrons. The largest absolute Gasteiger partial charge is 0.465 e. The number of carbonyl (C=O) groups excluding carboxylic acids is 2. The minimum atomic E-state index is -0.457. The topological polar surface area (TPSA) is 61.9 Å². The van der Waals surface area contributed by atoms with Gasteiger partial charge in [-0.2, -0.15) is 0 Å². The van der Waals surface area contributed by atoms with Gasteiger partial charge in [0, 0.05) is 26.2 Å². The Bertz CT molecular complexity index is 677. The van der Waals surface area contributed by atoms with Crippen LogP contribution in [0.2, 0.25) is 0 Å². The van der Waals surface area contributed by atoms with Crippen LogP contribution in [0.1, 0.15) is 58.7 Å². The van der Waals surface area contributed by atoms with Crippen LogP contribution in [-0.2, 0) is 4.74 Å². The Morgan fingerprint density at radius 3 is 2.38 bits per heavy atom. The van der Waals surface area contributed by atoms with E-state index in [-0.39, 0.29) is 5.91 Å². The molecule has 0 unspecified atom stereocenters. The molecular formula is C18H27N3O3S2. The molecule has 0 spiro atoms. The number of methoxy groups -OCH3 is 1. The van der Waals surface area contributed by atoms with E-state index in [1.807, 2.05) is 13.8 Å². The summed E-state index contributed by atoms with van der Waals surface area (Å²) in [6.45, 7) is 8.73. The lowest BCUT2D eigenvalue weighted by Crippen LogP contribution is -2.38. The first kappa shape index (κ1) is 20.6. The summed E-state index contributed by atoms with van der Waals surface area (Å²) in [6, 6.07) is 0. The van der Waals surface area contributed by atoms with Gasteiger partial charge >= 0.3 is 5.97 Å². The molecule has 1 aromatic heterocycles. The summed E-state index contributed by atoms with van der Waals surface area (Å²) in [7, 11) is 1.35. The number of nitrogens with one attached hydrogen (secondary N) is 1. The highest BCUT2D eigenvalue weighted by molar-refractivity contribution is 7.80. The Labute approximate surface area is 164 Å². The second-order valence-electron chi connectivity index (χ2n) is 6.21. The Balaban J connectivity index is 2.34. The normalized spacial score (nSPS) is 14.1. The van der Waals surface area contributed by atoms with E-state index >= 15 is 0 Å². The van der Waals surface area contributed by atoms with Crippen molar-refractivity contribution < 1.29 is 14.3 Å². The lowest BCUT2D eigenvalue weighted by atomic mass is 10.1. The van der Waals surface area contributed by atoms with Gasteiger partial charge < -0.3 is 19.9 Å². The van der Waals surface area contributed by atoms with Crippen LogP contribution in [-0.4, -0.2) is 60.1 Å². The van der Waals surface area contributed by atoms with Crippen LogP contribution in [0.3, 0.4) is 0 Å². The summed E-state index contributed by atoms with van der Waals surface area (Å²) in [5, 5.41) is 4.37. The fourth-order valence-electron chi connectivity index (χ4n) is 3.08. The summed E-state index contributed by atoms with van der Waals surface area (Å²) in [6.07, 6.45) is 3.44. The van der Waals surface area contributed by atoms with Gasteiger partial charge in [0.2, 0.25) is 0 Å². The van der Waals surface area contributed by atoms with E-state index in [2.05, 4.69) is 10.2 Å². The minimum Gasteiger partial charge on any atom is -0.465 e. The van der Waals surface area contributed by atoms with Crippen LogP contribution >= 0.6 is 23.6 Å². The van der Waals surface area contributed by atoms with Gasteiger partial charge in [0.05, 0.1) is 17.6 Å². The molecule has 144 valence electrons. The Hall–Kier alpha value is -1.67. The van der Waals surface area contributed by atoms with Crippen LogP contribution in [0.4, 0.5) is 5.00 Å². The van der Waals surface area contributed by atoms with Crippen molar-refractivity contribution in [3.63, 3.8) is 0 Å². The van der Waals surface area contributed by atoms with Crippen molar-refractivity contribution in [1.29, 1.82) is 0 Å². The zero-order valence-corrected chi connectivity index (χ0v) is 17.5. The fraction of sp³-hybridized carbons (Fsp3) is 0.611. The first-order chi connectivity index (χ1) is 12.4. The van der Waals surface area contributed by atoms with Crippen molar-refractivity contribution in [2.45, 2.75) is 40.0 Å². The third-order valence-corrected chi connectivity index (χ3v) is 6.20. The van der Waals surface area contributed by atoms with Crippen molar-refractivity contribution in [1.82, 2.24) is 9.80 Å². The van der Waals surface area contributed by atoms with Crippen LogP contribution in [0, 0.1) is 6.92 Å². The Kier molecular flexibility index (Phi) is 7.40. The van der Waals surface area contributed by atoms with Crippen molar-refractivity contribution >= 4 is 45.5 Å². The van der Waals surface area contributed by atoms with Crippen LogP contribution in [0.15, 0.2) is 0 Å². The molecule has 1 aromatic rings. The lowest BCUT2D eigenvalue weighted by molar-refractivity contribution is 0.0601. The van der Waals surface area contributed by atoms with Crippen molar-refractivity contribution in [3.8, 4) is 0 Å². The van der Waals surface area contributed by atoms with Crippen LogP contribution in [0.5, 0.6) is 0 Å². The average Bonchev–Trinajstić information content (AvgIpc) is 2.98. The van der Waals surface area contributed by atoms with E-state index in [0.29, 0.717) is 39.2 Å². The molecule has 2 heterocycles. The van der Waals surface area contributed by atoms with Crippen LogP contribution in [0.25, 0.3) is 0 Å². The highest BCUT2D eigenvalue weighted by Gasteiger charge is 2.28. The molecule has 0 aliphatic carbocycles. The summed E-state index contributed by atoms with van der Waals surface area (Å²) < 4.78 is 4.94. The quantitative estimate of drug-likeness (QED) is 0.606. The number of hydrogen-bond acceptors (Lipinski definition) is 5. The number of anilines is 1. The van der Waals surface area contributed by atoms with Crippen LogP contribution < -0.4 is 5.32 Å². The van der Waals surface area contributed by atoms with E-state index in [9.17, 15) is 9.59 Å². The molecule has 2 rings (SSSR count). The van der Waals surface area contributed by atoms with Gasteiger partial charge in [0.1, 0.15) is 5.00 Å². The molecule has 26 heavy (non-hydrogen) atoms. The SMILES string of the molecule is CCN(CC)C(=O)c1sc(NC(=S)N2CCCCC2)c(C(=O)OC)c1C. The van der Waals surface area contributed by atoms with Gasteiger partial charge in [0.15, 0.2) is 5.11 Å².